The lowest BCUT2D eigenvalue weighted by Crippen LogP contribution is -2.40. The largest absolute Gasteiger partial charge is 0.350 e. The molecule has 2 N–H and O–H groups in total. The average molecular weight is 222 g/mol. The van der Waals surface area contributed by atoms with Crippen LogP contribution in [0.1, 0.15) is 45.4 Å². The van der Waals surface area contributed by atoms with E-state index in [0.717, 1.165) is 31.5 Å². The molecule has 1 aliphatic heterocycles. The van der Waals surface area contributed by atoms with Crippen molar-refractivity contribution in [1.29, 1.82) is 0 Å². The van der Waals surface area contributed by atoms with Crippen molar-refractivity contribution in [2.45, 2.75) is 51.5 Å². The fraction of sp³-hybridized carbons (Fsp3) is 0.769. The summed E-state index contributed by atoms with van der Waals surface area (Å²) in [5, 5.41) is 6.36. The van der Waals surface area contributed by atoms with Crippen LogP contribution < -0.4 is 10.6 Å². The van der Waals surface area contributed by atoms with E-state index >= 15 is 0 Å². The zero-order valence-electron chi connectivity index (χ0n) is 10.1. The summed E-state index contributed by atoms with van der Waals surface area (Å²) in [7, 11) is 0. The Morgan fingerprint density at radius 3 is 2.31 bits per heavy atom. The number of amides is 1. The maximum absolute atomic E-state index is 12.0. The van der Waals surface area contributed by atoms with Crippen molar-refractivity contribution in [1.82, 2.24) is 10.6 Å². The smallest absolute Gasteiger partial charge is 0.247 e. The van der Waals surface area contributed by atoms with E-state index in [-0.39, 0.29) is 5.91 Å². The van der Waals surface area contributed by atoms with Crippen LogP contribution in [0.2, 0.25) is 0 Å². The standard InChI is InChI=1S/C13H22N2O/c1-10(11-8-14-9-11)13(16)15-12-6-4-2-3-5-7-12/h12,14H,2-9H2,1H3,(H,15,16). The summed E-state index contributed by atoms with van der Waals surface area (Å²) < 4.78 is 0. The monoisotopic (exact) mass is 222 g/mol. The lowest BCUT2D eigenvalue weighted by molar-refractivity contribution is -0.118. The van der Waals surface area contributed by atoms with Crippen molar-refractivity contribution in [3.63, 3.8) is 0 Å². The van der Waals surface area contributed by atoms with Gasteiger partial charge in [-0.1, -0.05) is 25.7 Å². The predicted molar refractivity (Wildman–Crippen MR) is 65.2 cm³/mol. The first kappa shape index (κ1) is 11.6. The molecule has 0 aromatic heterocycles. The Hall–Kier alpha value is -0.830. The molecule has 0 aromatic carbocycles. The molecule has 1 amide bonds. The third kappa shape index (κ3) is 2.85. The highest BCUT2D eigenvalue weighted by Crippen LogP contribution is 2.18. The van der Waals surface area contributed by atoms with Crippen molar-refractivity contribution in [3.05, 3.63) is 11.1 Å². The van der Waals surface area contributed by atoms with Gasteiger partial charge in [0.25, 0.3) is 0 Å². The van der Waals surface area contributed by atoms with Gasteiger partial charge in [0, 0.05) is 24.7 Å². The highest BCUT2D eigenvalue weighted by molar-refractivity contribution is 5.94. The number of carbonyl (C=O) groups is 1. The van der Waals surface area contributed by atoms with Gasteiger partial charge in [-0.05, 0) is 25.3 Å². The van der Waals surface area contributed by atoms with Crippen molar-refractivity contribution < 1.29 is 4.79 Å². The normalized spacial score (nSPS) is 22.2. The summed E-state index contributed by atoms with van der Waals surface area (Å²) in [6.07, 6.45) is 7.51. The van der Waals surface area contributed by atoms with Crippen molar-refractivity contribution in [2.24, 2.45) is 0 Å². The van der Waals surface area contributed by atoms with Gasteiger partial charge in [0.1, 0.15) is 0 Å². The molecule has 0 unspecified atom stereocenters. The minimum Gasteiger partial charge on any atom is -0.350 e. The predicted octanol–water partition coefficient (Wildman–Crippen LogP) is 1.75. The Labute approximate surface area is 97.7 Å². The second-order valence-corrected chi connectivity index (χ2v) is 4.99. The zero-order valence-corrected chi connectivity index (χ0v) is 10.1. The van der Waals surface area contributed by atoms with E-state index in [0.29, 0.717) is 6.04 Å². The Kier molecular flexibility index (Phi) is 3.99. The summed E-state index contributed by atoms with van der Waals surface area (Å²) >= 11 is 0. The van der Waals surface area contributed by atoms with E-state index in [1.165, 1.54) is 31.3 Å². The van der Waals surface area contributed by atoms with Crippen LogP contribution >= 0.6 is 0 Å². The third-order valence-electron chi connectivity index (χ3n) is 3.74. The molecule has 2 aliphatic rings. The van der Waals surface area contributed by atoms with E-state index in [4.69, 9.17) is 0 Å². The first-order valence-electron chi connectivity index (χ1n) is 6.47. The van der Waals surface area contributed by atoms with Crippen LogP contribution in [0.3, 0.4) is 0 Å². The van der Waals surface area contributed by atoms with Gasteiger partial charge in [-0.15, -0.1) is 0 Å². The second kappa shape index (κ2) is 5.48. The molecule has 1 saturated carbocycles. The molecule has 0 atom stereocenters. The van der Waals surface area contributed by atoms with Gasteiger partial charge in [0.05, 0.1) is 0 Å². The molecule has 1 heterocycles. The molecule has 2 fully saturated rings. The summed E-state index contributed by atoms with van der Waals surface area (Å²) in [5.41, 5.74) is 2.20. The highest BCUT2D eigenvalue weighted by atomic mass is 16.1. The van der Waals surface area contributed by atoms with E-state index in [9.17, 15) is 4.79 Å². The van der Waals surface area contributed by atoms with Crippen molar-refractivity contribution in [2.75, 3.05) is 13.1 Å². The fourth-order valence-electron chi connectivity index (χ4n) is 2.39. The van der Waals surface area contributed by atoms with Crippen LogP contribution in [0.5, 0.6) is 0 Å². The quantitative estimate of drug-likeness (QED) is 0.552. The zero-order chi connectivity index (χ0) is 11.4. The van der Waals surface area contributed by atoms with Gasteiger partial charge in [0.2, 0.25) is 5.91 Å². The SMILES string of the molecule is CC(C(=O)NC1CCCCCC1)=C1CNC1. The molecule has 0 radical (unpaired) electrons. The van der Waals surface area contributed by atoms with Crippen molar-refractivity contribution >= 4 is 5.91 Å². The summed E-state index contributed by atoms with van der Waals surface area (Å²) in [6, 6.07) is 0.415. The van der Waals surface area contributed by atoms with Crippen LogP contribution in [-0.4, -0.2) is 25.0 Å². The fourth-order valence-corrected chi connectivity index (χ4v) is 2.39. The molecular formula is C13H22N2O. The number of hydrogen-bond donors (Lipinski definition) is 2. The molecule has 90 valence electrons. The summed E-state index contributed by atoms with van der Waals surface area (Å²) in [5.74, 6) is 0.156. The first-order chi connectivity index (χ1) is 7.77. The number of rotatable bonds is 2. The Balaban J connectivity index is 1.85. The van der Waals surface area contributed by atoms with E-state index in [1.807, 2.05) is 6.92 Å². The van der Waals surface area contributed by atoms with Gasteiger partial charge in [-0.3, -0.25) is 4.79 Å². The molecule has 3 nitrogen and oxygen atoms in total. The van der Waals surface area contributed by atoms with E-state index in [2.05, 4.69) is 10.6 Å². The second-order valence-electron chi connectivity index (χ2n) is 4.99. The lowest BCUT2D eigenvalue weighted by atomic mass is 10.0. The molecule has 3 heteroatoms. The van der Waals surface area contributed by atoms with Gasteiger partial charge >= 0.3 is 0 Å². The van der Waals surface area contributed by atoms with Gasteiger partial charge in [0.15, 0.2) is 0 Å². The summed E-state index contributed by atoms with van der Waals surface area (Å²) in [6.45, 7) is 3.73. The third-order valence-corrected chi connectivity index (χ3v) is 3.74. The highest BCUT2D eigenvalue weighted by Gasteiger charge is 2.19. The molecule has 0 spiro atoms. The molecule has 2 rings (SSSR count). The van der Waals surface area contributed by atoms with Crippen LogP contribution in [0.15, 0.2) is 11.1 Å². The van der Waals surface area contributed by atoms with Crippen LogP contribution in [0.25, 0.3) is 0 Å². The number of nitrogens with one attached hydrogen (secondary N) is 2. The summed E-state index contributed by atoms with van der Waals surface area (Å²) in [4.78, 5) is 12.0. The lowest BCUT2D eigenvalue weighted by Gasteiger charge is -2.23. The average Bonchev–Trinajstić information content (AvgIpc) is 2.43. The minimum atomic E-state index is 0.156. The first-order valence-corrected chi connectivity index (χ1v) is 6.47. The molecular weight excluding hydrogens is 200 g/mol. The topological polar surface area (TPSA) is 41.1 Å². The molecule has 16 heavy (non-hydrogen) atoms. The Morgan fingerprint density at radius 1 is 1.19 bits per heavy atom. The van der Waals surface area contributed by atoms with Gasteiger partial charge in [-0.25, -0.2) is 0 Å². The molecule has 0 bridgehead atoms. The van der Waals surface area contributed by atoms with Crippen LogP contribution in [0, 0.1) is 0 Å². The van der Waals surface area contributed by atoms with Gasteiger partial charge < -0.3 is 10.6 Å². The van der Waals surface area contributed by atoms with E-state index < -0.39 is 0 Å². The maximum atomic E-state index is 12.0. The van der Waals surface area contributed by atoms with Crippen LogP contribution in [0.4, 0.5) is 0 Å². The van der Waals surface area contributed by atoms with E-state index in [1.54, 1.807) is 0 Å². The minimum absolute atomic E-state index is 0.156. The van der Waals surface area contributed by atoms with Crippen LogP contribution in [-0.2, 0) is 4.79 Å². The molecule has 0 aromatic rings. The Bertz CT molecular complexity index is 282. The maximum Gasteiger partial charge on any atom is 0.247 e. The molecule has 1 aliphatic carbocycles. The van der Waals surface area contributed by atoms with Crippen molar-refractivity contribution in [3.8, 4) is 0 Å². The number of carbonyl (C=O) groups excluding carboxylic acids is 1. The molecule has 1 saturated heterocycles. The Morgan fingerprint density at radius 2 is 1.81 bits per heavy atom. The van der Waals surface area contributed by atoms with Gasteiger partial charge in [-0.2, -0.15) is 0 Å². The number of hydrogen-bond acceptors (Lipinski definition) is 2.